The van der Waals surface area contributed by atoms with E-state index in [-0.39, 0.29) is 11.4 Å². The van der Waals surface area contributed by atoms with Crippen LogP contribution in [0.25, 0.3) is 0 Å². The van der Waals surface area contributed by atoms with E-state index in [2.05, 4.69) is 55.1 Å². The highest BCUT2D eigenvalue weighted by Crippen LogP contribution is 2.39. The van der Waals surface area contributed by atoms with Crippen LogP contribution in [0.2, 0.25) is 0 Å². The molecule has 2 aromatic rings. The maximum Gasteiger partial charge on any atom is 0.337 e. The summed E-state index contributed by atoms with van der Waals surface area (Å²) in [6.07, 6.45) is 2.20. The SMILES string of the molecule is COC(=O)c1cccc([C@]2(C)CCN(CCc3ccccc3)C[C@@H]2C)c1. The predicted octanol–water partition coefficient (Wildman–Crippen LogP) is 4.32. The van der Waals surface area contributed by atoms with Crippen LogP contribution in [-0.2, 0) is 16.6 Å². The molecule has 1 heterocycles. The van der Waals surface area contributed by atoms with Crippen molar-refractivity contribution in [3.8, 4) is 0 Å². The molecular formula is C23H29NO2. The molecule has 0 saturated carbocycles. The first-order valence-electron chi connectivity index (χ1n) is 9.48. The molecule has 26 heavy (non-hydrogen) atoms. The Balaban J connectivity index is 1.66. The lowest BCUT2D eigenvalue weighted by Crippen LogP contribution is -2.47. The molecule has 138 valence electrons. The molecule has 0 unspecified atom stereocenters. The molecule has 2 atom stereocenters. The van der Waals surface area contributed by atoms with Crippen molar-refractivity contribution in [3.63, 3.8) is 0 Å². The van der Waals surface area contributed by atoms with Crippen LogP contribution in [0.5, 0.6) is 0 Å². The van der Waals surface area contributed by atoms with Crippen LogP contribution in [0.4, 0.5) is 0 Å². The molecule has 0 bridgehead atoms. The lowest BCUT2D eigenvalue weighted by Gasteiger charge is -2.45. The van der Waals surface area contributed by atoms with E-state index in [1.165, 1.54) is 18.2 Å². The molecule has 3 nitrogen and oxygen atoms in total. The molecule has 1 saturated heterocycles. The monoisotopic (exact) mass is 351 g/mol. The zero-order chi connectivity index (χ0) is 18.6. The average Bonchev–Trinajstić information content (AvgIpc) is 2.69. The van der Waals surface area contributed by atoms with E-state index in [9.17, 15) is 4.79 Å². The molecule has 0 aromatic heterocycles. The maximum atomic E-state index is 11.9. The molecular weight excluding hydrogens is 322 g/mol. The largest absolute Gasteiger partial charge is 0.465 e. The lowest BCUT2D eigenvalue weighted by atomic mass is 9.68. The summed E-state index contributed by atoms with van der Waals surface area (Å²) < 4.78 is 4.88. The van der Waals surface area contributed by atoms with Gasteiger partial charge in [0, 0.05) is 13.1 Å². The van der Waals surface area contributed by atoms with Gasteiger partial charge in [0.05, 0.1) is 12.7 Å². The van der Waals surface area contributed by atoms with E-state index < -0.39 is 0 Å². The second-order valence-corrected chi connectivity index (χ2v) is 7.68. The second-order valence-electron chi connectivity index (χ2n) is 7.68. The summed E-state index contributed by atoms with van der Waals surface area (Å²) in [7, 11) is 1.44. The van der Waals surface area contributed by atoms with Gasteiger partial charge in [-0.2, -0.15) is 0 Å². The Morgan fingerprint density at radius 3 is 2.65 bits per heavy atom. The molecule has 0 aliphatic carbocycles. The second kappa shape index (κ2) is 8.05. The molecule has 2 aromatic carbocycles. The van der Waals surface area contributed by atoms with Gasteiger partial charge in [-0.3, -0.25) is 0 Å². The first kappa shape index (κ1) is 18.7. The number of esters is 1. The quantitative estimate of drug-likeness (QED) is 0.752. The molecule has 0 N–H and O–H groups in total. The van der Waals surface area contributed by atoms with Gasteiger partial charge in [0.25, 0.3) is 0 Å². The van der Waals surface area contributed by atoms with E-state index in [1.54, 1.807) is 0 Å². The summed E-state index contributed by atoms with van der Waals surface area (Å²) in [6.45, 7) is 7.95. The number of methoxy groups -OCH3 is 1. The first-order valence-corrected chi connectivity index (χ1v) is 9.48. The third kappa shape index (κ3) is 3.99. The molecule has 1 fully saturated rings. The number of carbonyl (C=O) groups is 1. The van der Waals surface area contributed by atoms with Gasteiger partial charge in [0.15, 0.2) is 0 Å². The number of hydrogen-bond donors (Lipinski definition) is 0. The molecule has 0 radical (unpaired) electrons. The van der Waals surface area contributed by atoms with Gasteiger partial charge >= 0.3 is 5.97 Å². The molecule has 0 amide bonds. The van der Waals surface area contributed by atoms with Gasteiger partial charge < -0.3 is 9.64 Å². The Bertz CT molecular complexity index is 743. The number of benzene rings is 2. The highest BCUT2D eigenvalue weighted by Gasteiger charge is 2.38. The van der Waals surface area contributed by atoms with Gasteiger partial charge in [0.2, 0.25) is 0 Å². The van der Waals surface area contributed by atoms with Crippen LogP contribution in [-0.4, -0.2) is 37.6 Å². The van der Waals surface area contributed by atoms with Gasteiger partial charge in [-0.25, -0.2) is 4.79 Å². The first-order chi connectivity index (χ1) is 12.5. The van der Waals surface area contributed by atoms with Crippen molar-refractivity contribution in [3.05, 3.63) is 71.3 Å². The minimum atomic E-state index is -0.261. The van der Waals surface area contributed by atoms with Crippen LogP contribution in [0.3, 0.4) is 0 Å². The van der Waals surface area contributed by atoms with Gasteiger partial charge in [-0.1, -0.05) is 56.3 Å². The number of carbonyl (C=O) groups excluding carboxylic acids is 1. The fourth-order valence-electron chi connectivity index (χ4n) is 4.00. The van der Waals surface area contributed by atoms with Crippen LogP contribution in [0, 0.1) is 5.92 Å². The third-order valence-electron chi connectivity index (χ3n) is 6.07. The zero-order valence-corrected chi connectivity index (χ0v) is 16.1. The van der Waals surface area contributed by atoms with E-state index in [0.717, 1.165) is 32.5 Å². The van der Waals surface area contributed by atoms with E-state index >= 15 is 0 Å². The number of piperidine rings is 1. The van der Waals surface area contributed by atoms with Crippen molar-refractivity contribution in [2.75, 3.05) is 26.7 Å². The van der Waals surface area contributed by atoms with Crippen molar-refractivity contribution >= 4 is 5.97 Å². The van der Waals surface area contributed by atoms with Crippen molar-refractivity contribution < 1.29 is 9.53 Å². The van der Waals surface area contributed by atoms with Gasteiger partial charge in [-0.05, 0) is 54.0 Å². The summed E-state index contributed by atoms with van der Waals surface area (Å²) in [6, 6.07) is 18.7. The molecule has 3 heteroatoms. The van der Waals surface area contributed by atoms with Crippen LogP contribution >= 0.6 is 0 Å². The van der Waals surface area contributed by atoms with Crippen LogP contribution in [0.15, 0.2) is 54.6 Å². The Morgan fingerprint density at radius 2 is 1.96 bits per heavy atom. The fourth-order valence-corrected chi connectivity index (χ4v) is 4.00. The Kier molecular flexibility index (Phi) is 5.77. The third-order valence-corrected chi connectivity index (χ3v) is 6.07. The highest BCUT2D eigenvalue weighted by atomic mass is 16.5. The summed E-state index contributed by atoms with van der Waals surface area (Å²) in [5.74, 6) is 0.267. The van der Waals surface area contributed by atoms with Crippen molar-refractivity contribution in [2.24, 2.45) is 5.92 Å². The summed E-state index contributed by atoms with van der Waals surface area (Å²) in [5.41, 5.74) is 3.38. The predicted molar refractivity (Wildman–Crippen MR) is 106 cm³/mol. The smallest absolute Gasteiger partial charge is 0.337 e. The van der Waals surface area contributed by atoms with Crippen molar-refractivity contribution in [1.29, 1.82) is 0 Å². The number of likely N-dealkylation sites (tertiary alicyclic amines) is 1. The van der Waals surface area contributed by atoms with E-state index in [1.807, 2.05) is 18.2 Å². The Labute approximate surface area is 157 Å². The molecule has 1 aliphatic heterocycles. The normalized spacial score (nSPS) is 23.6. The van der Waals surface area contributed by atoms with Crippen molar-refractivity contribution in [1.82, 2.24) is 4.90 Å². The number of hydrogen-bond acceptors (Lipinski definition) is 3. The van der Waals surface area contributed by atoms with Crippen molar-refractivity contribution in [2.45, 2.75) is 32.1 Å². The topological polar surface area (TPSA) is 29.5 Å². The minimum Gasteiger partial charge on any atom is -0.465 e. The molecule has 1 aliphatic rings. The summed E-state index contributed by atoms with van der Waals surface area (Å²) >= 11 is 0. The fraction of sp³-hybridized carbons (Fsp3) is 0.435. The van der Waals surface area contributed by atoms with E-state index in [4.69, 9.17) is 4.74 Å². The summed E-state index contributed by atoms with van der Waals surface area (Å²) in [5, 5.41) is 0. The average molecular weight is 351 g/mol. The minimum absolute atomic E-state index is 0.0906. The number of nitrogens with zero attached hydrogens (tertiary/aromatic N) is 1. The van der Waals surface area contributed by atoms with Gasteiger partial charge in [0.1, 0.15) is 0 Å². The maximum absolute atomic E-state index is 11.9. The molecule has 0 spiro atoms. The zero-order valence-electron chi connectivity index (χ0n) is 16.1. The standard InChI is InChI=1S/C23H29NO2/c1-18-17-24(14-12-19-8-5-4-6-9-19)15-13-23(18,2)21-11-7-10-20(16-21)22(25)26-3/h4-11,16,18H,12-15,17H2,1-3H3/t18-,23+/m0/s1. The summed E-state index contributed by atoms with van der Waals surface area (Å²) in [4.78, 5) is 14.4. The lowest BCUT2D eigenvalue weighted by molar-refractivity contribution is 0.0600. The Hall–Kier alpha value is -2.13. The van der Waals surface area contributed by atoms with Crippen LogP contribution in [0.1, 0.15) is 41.8 Å². The van der Waals surface area contributed by atoms with E-state index in [0.29, 0.717) is 11.5 Å². The number of ether oxygens (including phenoxy) is 1. The Morgan fingerprint density at radius 1 is 1.19 bits per heavy atom. The van der Waals surface area contributed by atoms with Gasteiger partial charge in [-0.15, -0.1) is 0 Å². The van der Waals surface area contributed by atoms with Crippen LogP contribution < -0.4 is 0 Å². The molecule has 3 rings (SSSR count). The highest BCUT2D eigenvalue weighted by molar-refractivity contribution is 5.89. The number of rotatable bonds is 5.